The Labute approximate surface area is 837 Å². The van der Waals surface area contributed by atoms with Crippen molar-refractivity contribution < 1.29 is 49.7 Å². The van der Waals surface area contributed by atoms with Gasteiger partial charge in [-0.1, -0.05) is 137 Å². The lowest BCUT2D eigenvalue weighted by molar-refractivity contribution is -0.141. The van der Waals surface area contributed by atoms with Gasteiger partial charge in [-0.25, -0.2) is 47.5 Å². The van der Waals surface area contributed by atoms with Gasteiger partial charge in [-0.2, -0.15) is 33.1 Å². The van der Waals surface area contributed by atoms with Crippen molar-refractivity contribution in [3.05, 3.63) is 397 Å². The van der Waals surface area contributed by atoms with Crippen LogP contribution in [0.1, 0.15) is 5.69 Å². The molecule has 11 aromatic heterocycles. The molecular formula is C103H70Cl4F7N25O4S. The minimum Gasteiger partial charge on any atom is -0.454 e. The Balaban J connectivity index is 0.000000124. The zero-order valence-electron chi connectivity index (χ0n) is 74.1. The van der Waals surface area contributed by atoms with Gasteiger partial charge in [-0.15, -0.1) is 0 Å². The minimum absolute atomic E-state index is 0.0240. The third kappa shape index (κ3) is 25.7. The highest BCUT2D eigenvalue weighted by atomic mass is 35.5. The maximum Gasteiger partial charge on any atom is 0.433 e. The predicted molar refractivity (Wildman–Crippen MR) is 546 cm³/mol. The second-order valence-electron chi connectivity index (χ2n) is 30.3. The van der Waals surface area contributed by atoms with Crippen LogP contribution in [0.4, 0.5) is 112 Å². The molecule has 0 radical (unpaired) electrons. The Morgan fingerprint density at radius 1 is 0.285 bits per heavy atom. The second kappa shape index (κ2) is 45.3. The van der Waals surface area contributed by atoms with E-state index in [-0.39, 0.29) is 68.7 Å². The first-order valence-corrected chi connectivity index (χ1v) is 45.0. The average Bonchev–Trinajstić information content (AvgIpc) is 0.810. The van der Waals surface area contributed by atoms with Crippen molar-refractivity contribution in [2.24, 2.45) is 0 Å². The van der Waals surface area contributed by atoms with Crippen LogP contribution >= 0.6 is 58.2 Å². The number of nitrogens with one attached hydrogen (secondary N) is 5. The summed E-state index contributed by atoms with van der Waals surface area (Å²) >= 11 is 25.9. The average molecular weight is 2030 g/mol. The van der Waals surface area contributed by atoms with Crippen molar-refractivity contribution in [1.82, 2.24) is 79.7 Å². The molecule has 21 rings (SSSR count). The number of nitrogens with two attached hydrogens (primary N) is 4. The number of pyridine rings is 6. The number of rotatable bonds is 22. The number of nitrogen functional groups attached to an aromatic ring is 4. The monoisotopic (exact) mass is 2030 g/mol. The number of halogens is 11. The van der Waals surface area contributed by atoms with Gasteiger partial charge in [-0.05, 0) is 140 Å². The number of alkyl halides is 3. The molecule has 144 heavy (non-hydrogen) atoms. The van der Waals surface area contributed by atoms with Crippen molar-refractivity contribution in [3.63, 3.8) is 0 Å². The molecule has 0 saturated heterocycles. The number of ether oxygens (including phenoxy) is 4. The molecule has 0 fully saturated rings. The number of benzene rings is 10. The molecule has 21 aromatic rings. The quantitative estimate of drug-likeness (QED) is 0.0225. The molecule has 10 aromatic carbocycles. The molecule has 0 aliphatic carbocycles. The molecule has 11 heterocycles. The molecule has 0 amide bonds. The summed E-state index contributed by atoms with van der Waals surface area (Å²) in [5.41, 5.74) is 27.1. The molecule has 41 heteroatoms. The molecule has 0 unspecified atom stereocenters. The van der Waals surface area contributed by atoms with Gasteiger partial charge >= 0.3 is 6.18 Å². The Morgan fingerprint density at radius 2 is 0.639 bits per heavy atom. The third-order valence-corrected chi connectivity index (χ3v) is 22.6. The first-order valence-electron chi connectivity index (χ1n) is 42.7. The fraction of sp³-hybridized carbons (Fsp3) is 0.00971. The molecule has 0 spiro atoms. The van der Waals surface area contributed by atoms with E-state index in [1.54, 1.807) is 177 Å². The lowest BCUT2D eigenvalue weighted by Gasteiger charge is -2.12. The second-order valence-corrected chi connectivity index (χ2v) is 33.0. The van der Waals surface area contributed by atoms with E-state index >= 15 is 0 Å². The highest BCUT2D eigenvalue weighted by molar-refractivity contribution is 7.99. The van der Waals surface area contributed by atoms with Crippen molar-refractivity contribution in [2.75, 3.05) is 49.5 Å². The Morgan fingerprint density at radius 3 is 1.01 bits per heavy atom. The van der Waals surface area contributed by atoms with Crippen LogP contribution in [-0.2, 0) is 6.18 Å². The van der Waals surface area contributed by atoms with Gasteiger partial charge in [0.2, 0.25) is 29.7 Å². The summed E-state index contributed by atoms with van der Waals surface area (Å²) in [6, 6.07) is 74.7. The predicted octanol–water partition coefficient (Wildman–Crippen LogP) is 27.3. The normalized spacial score (nSPS) is 10.9. The molecule has 0 aliphatic heterocycles. The topological polar surface area (TPSA) is 407 Å². The summed E-state index contributed by atoms with van der Waals surface area (Å²) in [5, 5.41) is 23.0. The standard InChI is InChI=1S/C25H18FN5O.C24H17FN6O.C20H12F4N4O.C19H13ClFN5O.C15H10Cl3N5S/c26-20-13-18(29-24-14-21(30-25(27)31-24)16-5-2-1-3-6-16)9-10-23(20)32-22-8-4-7-17-15-28-12-11-19(17)22;25-19-11-17(29-23-12-20(30-24(26)31-23)16-4-2-9-27-14-16)6-7-22(19)32-21-5-1-3-15-13-28-10-8-18(15)21;21-15-10-13(27-19-26-9-7-18(28-19)20(22,23)24)4-5-17(15)29-16-3-1-2-12-11-25-8-6-14(12)16;20-17-9-18(26-19(22)25-17)24-12-4-5-16(14(21)8-12)27-15-3-1-2-11-10-23-7-6-13(11)15;16-10-5-8(21-13-7-12(18)22-15(19)23-13)6-11(17)14(10)24-9-1-3-20-4-2-9/h1-15H,(H3,27,29,30,31);1-14H,(H3,26,29,30,31);1-11H,(H,26,27,28);1-10H,(H3,22,24,25,26);1-7H,(H3,19,21,22,23). The van der Waals surface area contributed by atoms with Crippen molar-refractivity contribution in [2.45, 2.75) is 16.0 Å². The molecule has 0 aliphatic rings. The fourth-order valence-electron chi connectivity index (χ4n) is 13.9. The highest BCUT2D eigenvalue weighted by Crippen LogP contribution is 2.44. The van der Waals surface area contributed by atoms with Crippen LogP contribution in [0, 0.1) is 23.3 Å². The van der Waals surface area contributed by atoms with E-state index in [0.29, 0.717) is 90.5 Å². The maximum atomic E-state index is 14.8. The smallest absolute Gasteiger partial charge is 0.433 e. The lowest BCUT2D eigenvalue weighted by Crippen LogP contribution is -2.10. The Kier molecular flexibility index (Phi) is 30.7. The van der Waals surface area contributed by atoms with Crippen LogP contribution in [0.15, 0.2) is 357 Å². The van der Waals surface area contributed by atoms with E-state index in [1.807, 2.05) is 109 Å². The first-order chi connectivity index (χ1) is 69.8. The zero-order chi connectivity index (χ0) is 100. The largest absolute Gasteiger partial charge is 0.454 e. The third-order valence-electron chi connectivity index (χ3n) is 20.3. The molecule has 0 atom stereocenters. The summed E-state index contributed by atoms with van der Waals surface area (Å²) in [4.78, 5) is 65.8. The summed E-state index contributed by atoms with van der Waals surface area (Å²) < 4.78 is 120. The molecule has 0 bridgehead atoms. The summed E-state index contributed by atoms with van der Waals surface area (Å²) in [7, 11) is 0. The van der Waals surface area contributed by atoms with E-state index in [0.717, 1.165) is 82.3 Å². The van der Waals surface area contributed by atoms with Crippen LogP contribution in [0.5, 0.6) is 46.0 Å². The maximum absolute atomic E-state index is 14.8. The summed E-state index contributed by atoms with van der Waals surface area (Å²) in [5.74, 6) is 1.88. The van der Waals surface area contributed by atoms with Crippen LogP contribution < -0.4 is 68.5 Å². The van der Waals surface area contributed by atoms with E-state index in [9.17, 15) is 30.7 Å². The molecular weight excluding hydrogens is 1960 g/mol. The zero-order valence-corrected chi connectivity index (χ0v) is 77.9. The number of anilines is 14. The van der Waals surface area contributed by atoms with Crippen molar-refractivity contribution in [1.29, 1.82) is 0 Å². The first kappa shape index (κ1) is 97.6. The van der Waals surface area contributed by atoms with Gasteiger partial charge in [0, 0.05) is 222 Å². The summed E-state index contributed by atoms with van der Waals surface area (Å²) in [6.45, 7) is 0. The van der Waals surface area contributed by atoms with Gasteiger partial charge in [0.15, 0.2) is 46.3 Å². The number of fused-ring (bicyclic) bond motifs is 4. The van der Waals surface area contributed by atoms with Gasteiger partial charge in [0.05, 0.1) is 21.4 Å². The van der Waals surface area contributed by atoms with Crippen molar-refractivity contribution >= 4 is 183 Å². The Hall–Kier alpha value is -18.0. The number of hydrogen-bond acceptors (Lipinski definition) is 30. The van der Waals surface area contributed by atoms with E-state index < -0.39 is 35.1 Å². The highest BCUT2D eigenvalue weighted by Gasteiger charge is 2.33. The minimum atomic E-state index is -4.60. The Bertz CT molecular complexity index is 7920. The molecule has 29 nitrogen and oxygen atoms in total. The van der Waals surface area contributed by atoms with E-state index in [2.05, 4.69) is 106 Å². The number of aromatic nitrogens is 16. The van der Waals surface area contributed by atoms with Crippen LogP contribution in [0.3, 0.4) is 0 Å². The van der Waals surface area contributed by atoms with Crippen LogP contribution in [0.2, 0.25) is 20.4 Å². The summed E-state index contributed by atoms with van der Waals surface area (Å²) in [6.07, 6.45) is 16.6. The fourth-order valence-corrected chi connectivity index (χ4v) is 15.8. The van der Waals surface area contributed by atoms with Gasteiger partial charge < -0.3 is 68.5 Å². The molecule has 0 saturated carbocycles. The van der Waals surface area contributed by atoms with Crippen LogP contribution in [0.25, 0.3) is 65.6 Å². The molecule has 13 N–H and O–H groups in total. The number of hydrogen-bond donors (Lipinski definition) is 9. The lowest BCUT2D eigenvalue weighted by atomic mass is 10.1. The van der Waals surface area contributed by atoms with E-state index in [1.165, 1.54) is 54.2 Å². The van der Waals surface area contributed by atoms with Crippen molar-refractivity contribution in [3.8, 4) is 68.5 Å². The van der Waals surface area contributed by atoms with E-state index in [4.69, 9.17) is 88.3 Å². The van der Waals surface area contributed by atoms with Gasteiger partial charge in [0.25, 0.3) is 0 Å². The van der Waals surface area contributed by atoms with Crippen LogP contribution in [-0.4, -0.2) is 79.7 Å². The van der Waals surface area contributed by atoms with Gasteiger partial charge in [0.1, 0.15) is 62.3 Å². The van der Waals surface area contributed by atoms with Gasteiger partial charge in [-0.3, -0.25) is 29.9 Å². The SMILES string of the molecule is Fc1cc(Nc2nccc(C(F)(F)F)n2)ccc1Oc1cccc2cnccc12.Nc1nc(Cl)cc(Nc2cc(Cl)c(Sc3ccncc3)c(Cl)c2)n1.Nc1nc(Cl)cc(Nc2ccc(Oc3cccc4cnccc34)c(F)c2)n1.Nc1nc(Nc2ccc(Oc3cccc4cnccc34)c(F)c2)cc(-c2ccccc2)n1.Nc1nc(Nc2ccc(Oc3cccc4cnccc34)c(F)c2)cc(-c2cccnc2)n1. The molecule has 714 valence electrons. The number of nitrogens with zero attached hydrogens (tertiary/aromatic N) is 16.